The van der Waals surface area contributed by atoms with Crippen molar-refractivity contribution in [3.8, 4) is 0 Å². The van der Waals surface area contributed by atoms with Crippen LogP contribution in [0.25, 0.3) is 0 Å². The average Bonchev–Trinajstić information content (AvgIpc) is 2.70. The Morgan fingerprint density at radius 3 is 3.12 bits per heavy atom. The quantitative estimate of drug-likeness (QED) is 0.864. The number of hydrogen-bond donors (Lipinski definition) is 2. The number of aromatic nitrogens is 1. The third-order valence-corrected chi connectivity index (χ3v) is 4.83. The van der Waals surface area contributed by atoms with Gasteiger partial charge in [-0.05, 0) is 25.2 Å². The fraction of sp³-hybridized carbons (Fsp3) is 0.667. The normalized spacial score (nSPS) is 30.1. The number of rotatable bonds is 4. The summed E-state index contributed by atoms with van der Waals surface area (Å²) in [6, 6.07) is 0.564. The summed E-state index contributed by atoms with van der Waals surface area (Å²) in [5, 5.41) is 13.4. The lowest BCUT2D eigenvalue weighted by molar-refractivity contribution is -0.138. The Labute approximate surface area is 104 Å². The first-order chi connectivity index (χ1) is 8.19. The number of aliphatic carboxylic acids is 1. The molecule has 0 spiro atoms. The van der Waals surface area contributed by atoms with E-state index in [2.05, 4.69) is 17.2 Å². The summed E-state index contributed by atoms with van der Waals surface area (Å²) in [6.07, 6.45) is 4.02. The summed E-state index contributed by atoms with van der Waals surface area (Å²) < 4.78 is 0. The minimum atomic E-state index is -0.738. The molecule has 3 rings (SSSR count). The molecule has 17 heavy (non-hydrogen) atoms. The minimum Gasteiger partial charge on any atom is -0.481 e. The average molecular weight is 252 g/mol. The van der Waals surface area contributed by atoms with Gasteiger partial charge in [-0.3, -0.25) is 4.79 Å². The highest BCUT2D eigenvalue weighted by atomic mass is 32.1. The molecule has 5 heteroatoms. The summed E-state index contributed by atoms with van der Waals surface area (Å²) in [6.45, 7) is 2.20. The van der Waals surface area contributed by atoms with E-state index in [4.69, 9.17) is 5.11 Å². The van der Waals surface area contributed by atoms with Crippen LogP contribution >= 0.6 is 11.3 Å². The van der Waals surface area contributed by atoms with Crippen molar-refractivity contribution >= 4 is 22.4 Å². The fourth-order valence-electron chi connectivity index (χ4n) is 2.56. The van der Waals surface area contributed by atoms with Gasteiger partial charge in [-0.25, -0.2) is 4.98 Å². The van der Waals surface area contributed by atoms with E-state index in [0.29, 0.717) is 12.5 Å². The number of fused-ring (bicyclic) bond motifs is 1. The highest BCUT2D eigenvalue weighted by molar-refractivity contribution is 7.15. The number of nitrogens with one attached hydrogen (secondary N) is 1. The van der Waals surface area contributed by atoms with Gasteiger partial charge < -0.3 is 10.4 Å². The van der Waals surface area contributed by atoms with Gasteiger partial charge >= 0.3 is 5.97 Å². The predicted octanol–water partition coefficient (Wildman–Crippen LogP) is 2.47. The van der Waals surface area contributed by atoms with E-state index in [1.54, 1.807) is 11.3 Å². The van der Waals surface area contributed by atoms with Crippen molar-refractivity contribution in [2.24, 2.45) is 5.92 Å². The van der Waals surface area contributed by atoms with Gasteiger partial charge in [-0.2, -0.15) is 0 Å². The molecule has 1 aromatic heterocycles. The predicted molar refractivity (Wildman–Crippen MR) is 66.6 cm³/mol. The van der Waals surface area contributed by atoms with Crippen molar-refractivity contribution < 1.29 is 9.90 Å². The topological polar surface area (TPSA) is 62.2 Å². The lowest BCUT2D eigenvalue weighted by Gasteiger charge is -2.03. The van der Waals surface area contributed by atoms with Gasteiger partial charge in [-0.1, -0.05) is 13.3 Å². The fourth-order valence-corrected chi connectivity index (χ4v) is 3.66. The molecule has 0 aliphatic heterocycles. The molecule has 1 aromatic rings. The van der Waals surface area contributed by atoms with Crippen molar-refractivity contribution in [3.63, 3.8) is 0 Å². The highest BCUT2D eigenvalue weighted by Crippen LogP contribution is 2.41. The zero-order valence-electron chi connectivity index (χ0n) is 9.77. The number of anilines is 1. The molecular weight excluding hydrogens is 236 g/mol. The van der Waals surface area contributed by atoms with E-state index in [9.17, 15) is 4.79 Å². The van der Waals surface area contributed by atoms with Gasteiger partial charge in [0.2, 0.25) is 0 Å². The van der Waals surface area contributed by atoms with Gasteiger partial charge in [0.1, 0.15) is 5.92 Å². The van der Waals surface area contributed by atoms with E-state index in [1.807, 2.05) is 0 Å². The second kappa shape index (κ2) is 3.98. The summed E-state index contributed by atoms with van der Waals surface area (Å²) >= 11 is 1.64. The van der Waals surface area contributed by atoms with Crippen molar-refractivity contribution in [2.75, 3.05) is 5.32 Å². The maximum absolute atomic E-state index is 11.1. The molecule has 2 aliphatic rings. The Kier molecular flexibility index (Phi) is 2.58. The lowest BCUT2D eigenvalue weighted by atomic mass is 10.1. The minimum absolute atomic E-state index is 0.377. The second-order valence-electron chi connectivity index (χ2n) is 4.91. The van der Waals surface area contributed by atoms with Crippen molar-refractivity contribution in [1.29, 1.82) is 0 Å². The van der Waals surface area contributed by atoms with Crippen molar-refractivity contribution in [2.45, 2.75) is 44.6 Å². The number of aryl methyl sites for hydroxylation is 1. The smallest absolute Gasteiger partial charge is 0.312 e. The second-order valence-corrected chi connectivity index (χ2v) is 6.00. The SMILES string of the molecule is CCC1CC1Nc1nc2c(s1)CCC2C(=O)O. The molecule has 0 saturated heterocycles. The third kappa shape index (κ3) is 1.92. The summed E-state index contributed by atoms with van der Waals surface area (Å²) in [5.74, 6) is -0.333. The molecule has 3 unspecified atom stereocenters. The molecule has 2 N–H and O–H groups in total. The molecule has 0 aromatic carbocycles. The summed E-state index contributed by atoms with van der Waals surface area (Å²) in [4.78, 5) is 16.7. The molecule has 1 fully saturated rings. The molecule has 0 radical (unpaired) electrons. The van der Waals surface area contributed by atoms with E-state index in [1.165, 1.54) is 12.8 Å². The third-order valence-electron chi connectivity index (χ3n) is 3.77. The van der Waals surface area contributed by atoms with E-state index >= 15 is 0 Å². The van der Waals surface area contributed by atoms with Crippen LogP contribution < -0.4 is 5.32 Å². The Hall–Kier alpha value is -1.10. The maximum Gasteiger partial charge on any atom is 0.312 e. The molecule has 1 saturated carbocycles. The Bertz CT molecular complexity index is 457. The van der Waals surface area contributed by atoms with E-state index in [-0.39, 0.29) is 5.92 Å². The van der Waals surface area contributed by atoms with Crippen LogP contribution in [0.5, 0.6) is 0 Å². The zero-order chi connectivity index (χ0) is 12.0. The molecular formula is C12H16N2O2S. The number of carboxylic acid groups (broad SMARTS) is 1. The Morgan fingerprint density at radius 2 is 2.47 bits per heavy atom. The first-order valence-electron chi connectivity index (χ1n) is 6.18. The van der Waals surface area contributed by atoms with Gasteiger partial charge in [0.05, 0.1) is 5.69 Å². The van der Waals surface area contributed by atoms with E-state index < -0.39 is 5.97 Å². The molecule has 3 atom stereocenters. The molecule has 4 nitrogen and oxygen atoms in total. The molecule has 0 amide bonds. The number of hydrogen-bond acceptors (Lipinski definition) is 4. The van der Waals surface area contributed by atoms with Gasteiger partial charge in [0.15, 0.2) is 5.13 Å². The van der Waals surface area contributed by atoms with Crippen LogP contribution in [-0.2, 0) is 11.2 Å². The van der Waals surface area contributed by atoms with E-state index in [0.717, 1.165) is 28.0 Å². The number of thiazole rings is 1. The first-order valence-corrected chi connectivity index (χ1v) is 6.99. The van der Waals surface area contributed by atoms with Crippen LogP contribution in [0, 0.1) is 5.92 Å². The van der Waals surface area contributed by atoms with Crippen molar-refractivity contribution in [1.82, 2.24) is 4.98 Å². The zero-order valence-corrected chi connectivity index (χ0v) is 10.6. The Morgan fingerprint density at radius 1 is 1.65 bits per heavy atom. The lowest BCUT2D eigenvalue weighted by Crippen LogP contribution is -2.09. The van der Waals surface area contributed by atoms with Crippen LogP contribution in [0.2, 0.25) is 0 Å². The molecule has 2 aliphatic carbocycles. The van der Waals surface area contributed by atoms with Crippen LogP contribution in [0.4, 0.5) is 5.13 Å². The monoisotopic (exact) mass is 252 g/mol. The van der Waals surface area contributed by atoms with Crippen LogP contribution in [-0.4, -0.2) is 22.1 Å². The van der Waals surface area contributed by atoms with Crippen LogP contribution in [0.15, 0.2) is 0 Å². The number of nitrogens with zero attached hydrogens (tertiary/aromatic N) is 1. The number of carbonyl (C=O) groups is 1. The van der Waals surface area contributed by atoms with Gasteiger partial charge in [0, 0.05) is 10.9 Å². The molecule has 1 heterocycles. The molecule has 0 bridgehead atoms. The summed E-state index contributed by atoms with van der Waals surface area (Å²) in [7, 11) is 0. The highest BCUT2D eigenvalue weighted by Gasteiger charge is 2.37. The maximum atomic E-state index is 11.1. The van der Waals surface area contributed by atoms with Gasteiger partial charge in [-0.15, -0.1) is 11.3 Å². The Balaban J connectivity index is 1.73. The standard InChI is InChI=1S/C12H16N2O2S/c1-2-6-5-8(6)13-12-14-10-7(11(15)16)3-4-9(10)17-12/h6-8H,2-5H2,1H3,(H,13,14)(H,15,16). The first kappa shape index (κ1) is 11.0. The largest absolute Gasteiger partial charge is 0.481 e. The molecule has 92 valence electrons. The van der Waals surface area contributed by atoms with Crippen molar-refractivity contribution in [3.05, 3.63) is 10.6 Å². The van der Waals surface area contributed by atoms with Crippen LogP contribution in [0.1, 0.15) is 42.7 Å². The summed E-state index contributed by atoms with van der Waals surface area (Å²) in [5.41, 5.74) is 0.804. The number of carboxylic acids is 1. The van der Waals surface area contributed by atoms with Gasteiger partial charge in [0.25, 0.3) is 0 Å². The van der Waals surface area contributed by atoms with Crippen LogP contribution in [0.3, 0.4) is 0 Å².